The number of alkyl halides is 5. The molecule has 0 fully saturated rings. The van der Waals surface area contributed by atoms with Crippen molar-refractivity contribution in [1.29, 1.82) is 0 Å². The van der Waals surface area contributed by atoms with Crippen LogP contribution in [0.2, 0.25) is 0 Å². The molecule has 39 heavy (non-hydrogen) atoms. The van der Waals surface area contributed by atoms with Gasteiger partial charge in [-0.25, -0.2) is 13.6 Å². The van der Waals surface area contributed by atoms with Crippen LogP contribution in [0.15, 0.2) is 53.6 Å². The second kappa shape index (κ2) is 10.2. The van der Waals surface area contributed by atoms with E-state index in [0.717, 1.165) is 22.7 Å². The van der Waals surface area contributed by atoms with Crippen molar-refractivity contribution in [1.82, 2.24) is 4.90 Å². The van der Waals surface area contributed by atoms with Crippen molar-refractivity contribution in [2.45, 2.75) is 57.4 Å². The number of hydrogen-bond acceptors (Lipinski definition) is 4. The molecule has 2 aliphatic rings. The first kappa shape index (κ1) is 28.4. The summed E-state index contributed by atoms with van der Waals surface area (Å²) < 4.78 is 101. The van der Waals surface area contributed by atoms with Crippen molar-refractivity contribution >= 4 is 23.1 Å². The number of benzene rings is 2. The average molecular weight is 558 g/mol. The number of carbonyl (C=O) groups excluding carboxylic acids is 1. The van der Waals surface area contributed by atoms with E-state index >= 15 is 0 Å². The summed E-state index contributed by atoms with van der Waals surface area (Å²) in [6, 6.07) is 7.35. The largest absolute Gasteiger partial charge is 0.459 e. The van der Waals surface area contributed by atoms with Crippen molar-refractivity contribution in [3.63, 3.8) is 0 Å². The van der Waals surface area contributed by atoms with Crippen LogP contribution in [0.3, 0.4) is 0 Å². The molecule has 12 heteroatoms. The molecule has 0 spiro atoms. The summed E-state index contributed by atoms with van der Waals surface area (Å²) in [5, 5.41) is 4.51. The third-order valence-corrected chi connectivity index (χ3v) is 6.29. The van der Waals surface area contributed by atoms with E-state index in [4.69, 9.17) is 4.74 Å². The number of ether oxygens (including phenoxy) is 1. The lowest BCUT2D eigenvalue weighted by atomic mass is 9.97. The van der Waals surface area contributed by atoms with Gasteiger partial charge in [0.05, 0.1) is 11.7 Å². The quantitative estimate of drug-likeness (QED) is 0.366. The summed E-state index contributed by atoms with van der Waals surface area (Å²) in [4.78, 5) is 13.9. The van der Waals surface area contributed by atoms with Gasteiger partial charge in [0, 0.05) is 31.1 Å². The Balaban J connectivity index is 1.66. The number of carbonyl (C=O) groups is 1. The van der Waals surface area contributed by atoms with Crippen LogP contribution in [0.25, 0.3) is 5.57 Å². The summed E-state index contributed by atoms with van der Waals surface area (Å²) in [6.45, 7) is 5.86. The van der Waals surface area contributed by atoms with Crippen molar-refractivity contribution in [3.05, 3.63) is 71.3 Å². The minimum atomic E-state index is -5.90. The number of hydrogen-bond donors (Lipinski definition) is 0. The minimum absolute atomic E-state index is 0.143. The third kappa shape index (κ3) is 6.04. The molecule has 0 aliphatic carbocycles. The summed E-state index contributed by atoms with van der Waals surface area (Å²) in [7, 11) is 0. The van der Waals surface area contributed by atoms with Gasteiger partial charge in [0.15, 0.2) is 0 Å². The molecule has 1 unspecified atom stereocenters. The fraction of sp³-hybridized carbons (Fsp3) is 0.407. The van der Waals surface area contributed by atoms with Gasteiger partial charge in [0.1, 0.15) is 22.9 Å². The van der Waals surface area contributed by atoms with Crippen molar-refractivity contribution < 1.29 is 40.3 Å². The van der Waals surface area contributed by atoms with Crippen LogP contribution in [0.4, 0.5) is 41.2 Å². The number of halogens is 7. The summed E-state index contributed by atoms with van der Waals surface area (Å²) in [5.41, 5.74) is -0.827. The zero-order chi connectivity index (χ0) is 28.8. The standard InChI is InChI=1S/C27H26F7N3O2/c1-25(2,3)39-24(38)36-11-9-16(10-12-36)17-5-4-6-19(13-17)37-22(20-8-7-18(28)14-21(20)29)15-23(35-37)26(30,31)27(32,33)34/h4-9,13-14,22H,10-12,15H2,1-3H3. The monoisotopic (exact) mass is 557 g/mol. The first-order chi connectivity index (χ1) is 18.1. The highest BCUT2D eigenvalue weighted by Crippen LogP contribution is 2.45. The Labute approximate surface area is 220 Å². The molecule has 2 aromatic carbocycles. The Morgan fingerprint density at radius 3 is 2.33 bits per heavy atom. The van der Waals surface area contributed by atoms with Crippen LogP contribution in [0.1, 0.15) is 50.8 Å². The van der Waals surface area contributed by atoms with E-state index in [9.17, 15) is 35.5 Å². The first-order valence-corrected chi connectivity index (χ1v) is 12.1. The van der Waals surface area contributed by atoms with Gasteiger partial charge in [-0.2, -0.15) is 27.1 Å². The maximum absolute atomic E-state index is 14.6. The lowest BCUT2D eigenvalue weighted by molar-refractivity contribution is -0.249. The molecule has 0 bridgehead atoms. The second-order valence-corrected chi connectivity index (χ2v) is 10.3. The zero-order valence-corrected chi connectivity index (χ0v) is 21.3. The molecule has 5 nitrogen and oxygen atoms in total. The van der Waals surface area contributed by atoms with E-state index in [-0.39, 0.29) is 17.8 Å². The topological polar surface area (TPSA) is 45.1 Å². The molecule has 2 heterocycles. The van der Waals surface area contributed by atoms with E-state index in [2.05, 4.69) is 5.10 Å². The molecule has 1 amide bonds. The Bertz CT molecular complexity index is 1320. The Kier molecular flexibility index (Phi) is 7.44. The van der Waals surface area contributed by atoms with E-state index in [1.54, 1.807) is 45.0 Å². The molecule has 0 aromatic heterocycles. The maximum Gasteiger partial charge on any atom is 0.459 e. The van der Waals surface area contributed by atoms with E-state index in [0.29, 0.717) is 24.6 Å². The first-order valence-electron chi connectivity index (χ1n) is 12.1. The number of hydrazone groups is 1. The van der Waals surface area contributed by atoms with Crippen LogP contribution in [0.5, 0.6) is 0 Å². The van der Waals surface area contributed by atoms with Gasteiger partial charge in [-0.1, -0.05) is 24.3 Å². The lowest BCUT2D eigenvalue weighted by Gasteiger charge is -2.30. The van der Waals surface area contributed by atoms with E-state index in [1.165, 1.54) is 11.0 Å². The van der Waals surface area contributed by atoms with Crippen LogP contribution in [-0.2, 0) is 4.74 Å². The zero-order valence-electron chi connectivity index (χ0n) is 21.3. The fourth-order valence-corrected chi connectivity index (χ4v) is 4.39. The highest BCUT2D eigenvalue weighted by Gasteiger charge is 2.63. The molecular formula is C27H26F7N3O2. The molecule has 210 valence electrons. The molecule has 1 atom stereocenters. The van der Waals surface area contributed by atoms with Gasteiger partial charge in [0.25, 0.3) is 0 Å². The molecule has 0 N–H and O–H groups in total. The van der Waals surface area contributed by atoms with Gasteiger partial charge in [-0.05, 0) is 56.5 Å². The van der Waals surface area contributed by atoms with E-state index < -0.39 is 53.6 Å². The summed E-state index contributed by atoms with van der Waals surface area (Å²) >= 11 is 0. The number of amides is 1. The second-order valence-electron chi connectivity index (χ2n) is 10.3. The fourth-order valence-electron chi connectivity index (χ4n) is 4.39. The highest BCUT2D eigenvalue weighted by molar-refractivity contribution is 5.95. The smallest absolute Gasteiger partial charge is 0.444 e. The molecule has 0 saturated heterocycles. The predicted octanol–water partition coefficient (Wildman–Crippen LogP) is 7.49. The van der Waals surface area contributed by atoms with Crippen molar-refractivity contribution in [2.75, 3.05) is 18.1 Å². The maximum atomic E-state index is 14.6. The van der Waals surface area contributed by atoms with Crippen LogP contribution < -0.4 is 5.01 Å². The highest BCUT2D eigenvalue weighted by atomic mass is 19.4. The van der Waals surface area contributed by atoms with Gasteiger partial charge >= 0.3 is 18.2 Å². The average Bonchev–Trinajstić information content (AvgIpc) is 3.28. The van der Waals surface area contributed by atoms with Crippen LogP contribution in [0, 0.1) is 11.6 Å². The Morgan fingerprint density at radius 1 is 1.03 bits per heavy atom. The summed E-state index contributed by atoms with van der Waals surface area (Å²) in [5.74, 6) is -7.26. The molecule has 2 aliphatic heterocycles. The van der Waals surface area contributed by atoms with Crippen molar-refractivity contribution in [3.8, 4) is 0 Å². The van der Waals surface area contributed by atoms with Gasteiger partial charge < -0.3 is 9.64 Å². The van der Waals surface area contributed by atoms with Crippen LogP contribution in [-0.4, -0.2) is 47.5 Å². The number of rotatable bonds is 4. The molecule has 0 radical (unpaired) electrons. The van der Waals surface area contributed by atoms with Gasteiger partial charge in [0.2, 0.25) is 0 Å². The Hall–Kier alpha value is -3.57. The molecule has 0 saturated carbocycles. The molecule has 4 rings (SSSR count). The van der Waals surface area contributed by atoms with Gasteiger partial charge in [-0.15, -0.1) is 0 Å². The van der Waals surface area contributed by atoms with E-state index in [1.807, 2.05) is 0 Å². The number of anilines is 1. The third-order valence-electron chi connectivity index (χ3n) is 6.29. The van der Waals surface area contributed by atoms with Gasteiger partial charge in [-0.3, -0.25) is 5.01 Å². The molecular weight excluding hydrogens is 531 g/mol. The Morgan fingerprint density at radius 2 is 1.74 bits per heavy atom. The lowest BCUT2D eigenvalue weighted by Crippen LogP contribution is -2.43. The molecule has 2 aromatic rings. The number of nitrogens with zero attached hydrogens (tertiary/aromatic N) is 3. The predicted molar refractivity (Wildman–Crippen MR) is 131 cm³/mol. The van der Waals surface area contributed by atoms with Crippen molar-refractivity contribution in [2.24, 2.45) is 5.10 Å². The normalized spacial score (nSPS) is 18.7. The minimum Gasteiger partial charge on any atom is -0.444 e. The summed E-state index contributed by atoms with van der Waals surface area (Å²) in [6.07, 6.45) is -5.07. The van der Waals surface area contributed by atoms with Crippen LogP contribution >= 0.6 is 0 Å². The SMILES string of the molecule is CC(C)(C)OC(=O)N1CC=C(c2cccc(N3N=C(C(F)(F)C(F)(F)F)CC3c3ccc(F)cc3F)c2)CC1.